The first kappa shape index (κ1) is 22.0. The Bertz CT molecular complexity index is 1120. The van der Waals surface area contributed by atoms with Gasteiger partial charge in [-0.25, -0.2) is 10.4 Å². The van der Waals surface area contributed by atoms with E-state index in [-0.39, 0.29) is 16.3 Å². The first-order valence-electron chi connectivity index (χ1n) is 8.66. The third-order valence-corrected chi connectivity index (χ3v) is 4.68. The molecule has 9 nitrogen and oxygen atoms in total. The Labute approximate surface area is 180 Å². The molecular formula is C19H16Cl2N4O5. The predicted octanol–water partition coefficient (Wildman–Crippen LogP) is -0.359. The summed E-state index contributed by atoms with van der Waals surface area (Å²) in [6, 6.07) is 9.00. The highest BCUT2D eigenvalue weighted by atomic mass is 35.5. The van der Waals surface area contributed by atoms with Crippen LogP contribution in [0.4, 0.5) is 0 Å². The molecule has 0 aromatic heterocycles. The van der Waals surface area contributed by atoms with Crippen LogP contribution in [-0.2, 0) is 4.79 Å². The number of nitrogens with one attached hydrogen (secondary N) is 1. The molecule has 0 aliphatic carbocycles. The summed E-state index contributed by atoms with van der Waals surface area (Å²) in [7, 11) is 0. The van der Waals surface area contributed by atoms with Crippen LogP contribution in [0.1, 0.15) is 10.4 Å². The van der Waals surface area contributed by atoms with Crippen molar-refractivity contribution in [3.63, 3.8) is 0 Å². The molecule has 2 aromatic rings. The molecule has 0 saturated carbocycles. The van der Waals surface area contributed by atoms with Crippen molar-refractivity contribution in [3.05, 3.63) is 68.8 Å². The van der Waals surface area contributed by atoms with E-state index >= 15 is 0 Å². The number of nitrogens with zero attached hydrogens (tertiary/aromatic N) is 3. The van der Waals surface area contributed by atoms with Gasteiger partial charge < -0.3 is 15.3 Å². The van der Waals surface area contributed by atoms with Gasteiger partial charge in [-0.1, -0.05) is 23.2 Å². The molecule has 4 N–H and O–H groups in total. The van der Waals surface area contributed by atoms with E-state index < -0.39 is 42.4 Å². The number of hydrazone groups is 1. The number of hydrogen-bond donors (Lipinski definition) is 4. The number of aliphatic hydroxyl groups is 3. The summed E-state index contributed by atoms with van der Waals surface area (Å²) in [5.74, 6) is -1.42. The summed E-state index contributed by atoms with van der Waals surface area (Å²) in [6.45, 7) is -0.814. The molecule has 1 aliphatic heterocycles. The van der Waals surface area contributed by atoms with Crippen LogP contribution in [0.5, 0.6) is 0 Å². The van der Waals surface area contributed by atoms with Crippen molar-refractivity contribution in [2.24, 2.45) is 15.1 Å². The first-order chi connectivity index (χ1) is 14.3. The fourth-order valence-electron chi connectivity index (χ4n) is 2.63. The molecule has 0 saturated heterocycles. The highest BCUT2D eigenvalue weighted by Crippen LogP contribution is 2.11. The number of carbonyl (C=O) groups excluding carboxylic acids is 2. The number of amides is 2. The summed E-state index contributed by atoms with van der Waals surface area (Å²) in [6.07, 6.45) is -3.46. The Hall–Kier alpha value is -2.69. The van der Waals surface area contributed by atoms with E-state index in [2.05, 4.69) is 20.5 Å². The highest BCUT2D eigenvalue weighted by molar-refractivity contribution is 6.30. The Morgan fingerprint density at radius 1 is 1.10 bits per heavy atom. The number of benzene rings is 2. The number of hydrogen-bond acceptors (Lipinski definition) is 7. The number of carbonyl (C=O) groups is 2. The summed E-state index contributed by atoms with van der Waals surface area (Å²) < 4.78 is 0. The maximum atomic E-state index is 12.5. The van der Waals surface area contributed by atoms with Crippen LogP contribution < -0.4 is 16.1 Å². The van der Waals surface area contributed by atoms with Crippen molar-refractivity contribution >= 4 is 40.7 Å². The largest absolute Gasteiger partial charge is 0.394 e. The zero-order chi connectivity index (χ0) is 21.8. The quantitative estimate of drug-likeness (QED) is 0.350. The van der Waals surface area contributed by atoms with Crippen molar-refractivity contribution in [1.29, 1.82) is 0 Å². The third-order valence-electron chi connectivity index (χ3n) is 4.20. The van der Waals surface area contributed by atoms with Gasteiger partial charge >= 0.3 is 0 Å². The van der Waals surface area contributed by atoms with Gasteiger partial charge in [0, 0.05) is 15.6 Å². The van der Waals surface area contributed by atoms with E-state index in [0.717, 1.165) is 0 Å². The fourth-order valence-corrected chi connectivity index (χ4v) is 2.92. The number of aliphatic hydroxyl groups excluding tert-OH is 3. The molecular weight excluding hydrogens is 435 g/mol. The Kier molecular flexibility index (Phi) is 6.91. The smallest absolute Gasteiger partial charge is 0.277 e. The Morgan fingerprint density at radius 2 is 1.77 bits per heavy atom. The topological polar surface area (TPSA) is 144 Å². The van der Waals surface area contributed by atoms with Gasteiger partial charge in [-0.3, -0.25) is 14.6 Å². The molecule has 0 spiro atoms. The molecule has 1 aliphatic rings. The average Bonchev–Trinajstić information content (AvgIpc) is 2.73. The van der Waals surface area contributed by atoms with Crippen LogP contribution in [0.25, 0.3) is 0 Å². The lowest BCUT2D eigenvalue weighted by atomic mass is 10.0. The molecule has 2 aromatic carbocycles. The molecule has 3 unspecified atom stereocenters. The molecule has 3 rings (SSSR count). The first-order valence-corrected chi connectivity index (χ1v) is 9.42. The van der Waals surface area contributed by atoms with E-state index in [1.165, 1.54) is 36.4 Å². The highest BCUT2D eigenvalue weighted by Gasteiger charge is 2.34. The van der Waals surface area contributed by atoms with Gasteiger partial charge in [0.15, 0.2) is 6.04 Å². The van der Waals surface area contributed by atoms with E-state index in [1.54, 1.807) is 6.07 Å². The van der Waals surface area contributed by atoms with Crippen molar-refractivity contribution < 1.29 is 24.9 Å². The molecule has 3 atom stereocenters. The zero-order valence-corrected chi connectivity index (χ0v) is 16.7. The lowest BCUT2D eigenvalue weighted by molar-refractivity contribution is -0.118. The molecule has 156 valence electrons. The van der Waals surface area contributed by atoms with Gasteiger partial charge in [-0.15, -0.1) is 0 Å². The van der Waals surface area contributed by atoms with Gasteiger partial charge in [-0.05, 0) is 42.5 Å². The van der Waals surface area contributed by atoms with Gasteiger partial charge in [0.25, 0.3) is 11.8 Å². The summed E-state index contributed by atoms with van der Waals surface area (Å²) in [5, 5.41) is 34.6. The number of rotatable bonds is 6. The number of fused-ring (bicyclic) bond motifs is 1. The van der Waals surface area contributed by atoms with E-state index in [1.807, 2.05) is 0 Å². The van der Waals surface area contributed by atoms with Crippen LogP contribution >= 0.6 is 23.2 Å². The van der Waals surface area contributed by atoms with Crippen molar-refractivity contribution in [3.8, 4) is 0 Å². The Morgan fingerprint density at radius 3 is 2.43 bits per heavy atom. The summed E-state index contributed by atoms with van der Waals surface area (Å²) >= 11 is 11.7. The van der Waals surface area contributed by atoms with E-state index in [0.29, 0.717) is 10.0 Å². The van der Waals surface area contributed by atoms with Crippen LogP contribution in [0.3, 0.4) is 0 Å². The van der Waals surface area contributed by atoms with Crippen molar-refractivity contribution in [2.45, 2.75) is 18.2 Å². The summed E-state index contributed by atoms with van der Waals surface area (Å²) in [5.41, 5.74) is 2.03. The van der Waals surface area contributed by atoms with Gasteiger partial charge in [0.1, 0.15) is 17.9 Å². The molecule has 2 amide bonds. The maximum Gasteiger partial charge on any atom is 0.277 e. The van der Waals surface area contributed by atoms with E-state index in [9.17, 15) is 24.9 Å². The van der Waals surface area contributed by atoms with Crippen molar-refractivity contribution in [2.75, 3.05) is 6.61 Å². The Balaban J connectivity index is 1.98. The predicted molar refractivity (Wildman–Crippen MR) is 108 cm³/mol. The molecule has 0 bridgehead atoms. The molecule has 11 heteroatoms. The second-order valence-corrected chi connectivity index (χ2v) is 7.17. The third kappa shape index (κ3) is 4.89. The van der Waals surface area contributed by atoms with Crippen LogP contribution in [-0.4, -0.2) is 57.7 Å². The second-order valence-electron chi connectivity index (χ2n) is 6.29. The van der Waals surface area contributed by atoms with Crippen molar-refractivity contribution in [1.82, 2.24) is 5.43 Å². The minimum absolute atomic E-state index is 0.216. The molecule has 30 heavy (non-hydrogen) atoms. The lowest BCUT2D eigenvalue weighted by Crippen LogP contribution is -2.49. The summed E-state index contributed by atoms with van der Waals surface area (Å²) in [4.78, 5) is 32.9. The lowest BCUT2D eigenvalue weighted by Gasteiger charge is -2.22. The normalized spacial score (nSPS) is 18.0. The van der Waals surface area contributed by atoms with Crippen LogP contribution in [0.15, 0.2) is 57.6 Å². The molecule has 0 fully saturated rings. The molecule has 0 radical (unpaired) electrons. The fraction of sp³-hybridized carbons (Fsp3) is 0.211. The number of halogens is 2. The second kappa shape index (κ2) is 9.41. The SMILES string of the molecule is O=C(N/N=C(\C1N=c2cc(Cl)ccc2=NC1=O)C(O)C(O)CO)c1ccc(Cl)cc1. The standard InChI is InChI=1S/C19H16Cl2N4O5/c20-10-3-1-9(2-4-10)18(29)25-24-15(17(28)14(27)8-26)16-19(30)23-12-6-5-11(21)7-13(12)22-16/h1-7,14,16-17,26-28H,8H2,(H,25,29)/b24-15+. The monoisotopic (exact) mass is 450 g/mol. The zero-order valence-electron chi connectivity index (χ0n) is 15.2. The van der Waals surface area contributed by atoms with Crippen LogP contribution in [0, 0.1) is 0 Å². The molecule has 1 heterocycles. The minimum Gasteiger partial charge on any atom is -0.394 e. The van der Waals surface area contributed by atoms with Gasteiger partial charge in [0.05, 0.1) is 17.3 Å². The maximum absolute atomic E-state index is 12.5. The minimum atomic E-state index is -1.80. The van der Waals surface area contributed by atoms with Gasteiger partial charge in [0.2, 0.25) is 0 Å². The van der Waals surface area contributed by atoms with Crippen LogP contribution in [0.2, 0.25) is 10.0 Å². The average molecular weight is 451 g/mol. The van der Waals surface area contributed by atoms with Gasteiger partial charge in [-0.2, -0.15) is 5.10 Å². The van der Waals surface area contributed by atoms with E-state index in [4.69, 9.17) is 23.2 Å².